The van der Waals surface area contributed by atoms with Crippen LogP contribution < -0.4 is 5.32 Å². The lowest BCUT2D eigenvalue weighted by molar-refractivity contribution is 0.0799. The van der Waals surface area contributed by atoms with Gasteiger partial charge in [-0.15, -0.1) is 0 Å². The molecule has 2 aliphatic carbocycles. The molecule has 2 atom stereocenters. The molecule has 4 heteroatoms. The first-order chi connectivity index (χ1) is 16.4. The van der Waals surface area contributed by atoms with Gasteiger partial charge in [0.1, 0.15) is 0 Å². The van der Waals surface area contributed by atoms with Gasteiger partial charge >= 0.3 is 0 Å². The Morgan fingerprint density at radius 3 is 2.68 bits per heavy atom. The normalized spacial score (nSPS) is 23.8. The van der Waals surface area contributed by atoms with Crippen LogP contribution in [0.5, 0.6) is 0 Å². The van der Waals surface area contributed by atoms with Crippen LogP contribution >= 0.6 is 0 Å². The number of benzene rings is 2. The van der Waals surface area contributed by atoms with Crippen molar-refractivity contribution >= 4 is 11.6 Å². The molecule has 0 radical (unpaired) electrons. The van der Waals surface area contributed by atoms with Crippen molar-refractivity contribution in [2.75, 3.05) is 5.32 Å². The maximum atomic E-state index is 13.1. The Morgan fingerprint density at radius 2 is 1.88 bits per heavy atom. The summed E-state index contributed by atoms with van der Waals surface area (Å²) in [6.07, 6.45) is 9.29. The maximum absolute atomic E-state index is 13.1. The first-order valence-electron chi connectivity index (χ1n) is 12.2. The molecule has 3 aromatic rings. The molecule has 2 aromatic carbocycles. The smallest absolute Gasteiger partial charge is 0.255 e. The van der Waals surface area contributed by atoms with E-state index >= 15 is 0 Å². The summed E-state index contributed by atoms with van der Waals surface area (Å²) in [5, 5.41) is 13.9. The van der Waals surface area contributed by atoms with Gasteiger partial charge in [-0.05, 0) is 93.3 Å². The molecule has 1 amide bonds. The number of carbonyl (C=O) groups is 1. The van der Waals surface area contributed by atoms with E-state index in [1.54, 1.807) is 6.20 Å². The van der Waals surface area contributed by atoms with Crippen molar-refractivity contribution in [2.45, 2.75) is 63.4 Å². The number of carbonyl (C=O) groups excluding carboxylic acids is 1. The van der Waals surface area contributed by atoms with E-state index < -0.39 is 5.60 Å². The first kappa shape index (κ1) is 22.5. The quantitative estimate of drug-likeness (QED) is 0.482. The average Bonchev–Trinajstić information content (AvgIpc) is 2.97. The molecule has 0 saturated heterocycles. The Balaban J connectivity index is 1.55. The molecular formula is C30H32N2O2. The van der Waals surface area contributed by atoms with Crippen molar-refractivity contribution in [3.63, 3.8) is 0 Å². The molecule has 2 aliphatic rings. The van der Waals surface area contributed by atoms with Crippen LogP contribution in [0, 0.1) is 6.92 Å². The topological polar surface area (TPSA) is 62.2 Å². The Kier molecular flexibility index (Phi) is 5.86. The van der Waals surface area contributed by atoms with Crippen molar-refractivity contribution in [3.8, 4) is 0 Å². The summed E-state index contributed by atoms with van der Waals surface area (Å²) in [5.74, 6) is -0.109. The highest BCUT2D eigenvalue weighted by atomic mass is 16.3. The predicted octanol–water partition coefficient (Wildman–Crippen LogP) is 5.93. The highest BCUT2D eigenvalue weighted by Crippen LogP contribution is 2.50. The molecule has 2 N–H and O–H groups in total. The molecule has 4 nitrogen and oxygen atoms in total. The minimum atomic E-state index is -0.762. The van der Waals surface area contributed by atoms with Crippen LogP contribution in [0.15, 0.2) is 78.5 Å². The zero-order chi connectivity index (χ0) is 23.8. The molecule has 0 bridgehead atoms. The number of rotatable bonds is 4. The minimum Gasteiger partial charge on any atom is -0.386 e. The summed E-state index contributed by atoms with van der Waals surface area (Å²) < 4.78 is 0. The second-order valence-corrected chi connectivity index (χ2v) is 10.1. The summed E-state index contributed by atoms with van der Waals surface area (Å²) in [7, 11) is 0. The average molecular weight is 453 g/mol. The number of aromatic nitrogens is 1. The highest BCUT2D eigenvalue weighted by Gasteiger charge is 2.44. The van der Waals surface area contributed by atoms with Crippen LogP contribution in [0.3, 0.4) is 0 Å². The van der Waals surface area contributed by atoms with Crippen LogP contribution in [-0.4, -0.2) is 21.6 Å². The minimum absolute atomic E-state index is 0.109. The Labute approximate surface area is 201 Å². The standard InChI is InChI=1S/C30H32N2O2/c1-21-27(12-7-17-31-21)32-28(33)24-13-14-26-23(18-24)10-6-11-25-20-29(2,34)15-16-30(25,26)19-22-8-4-3-5-9-22/h3-5,7-9,12-14,17-18,20,34H,6,10-11,15-16,19H2,1-2H3,(H,32,33)/t29-,30+/m1/s1. The fourth-order valence-corrected chi connectivity index (χ4v) is 5.76. The van der Waals surface area contributed by atoms with Gasteiger partial charge in [0.05, 0.1) is 17.0 Å². The Bertz CT molecular complexity index is 1250. The lowest BCUT2D eigenvalue weighted by atomic mass is 9.61. The summed E-state index contributed by atoms with van der Waals surface area (Å²) in [4.78, 5) is 17.4. The van der Waals surface area contributed by atoms with Crippen LogP contribution in [0.2, 0.25) is 0 Å². The van der Waals surface area contributed by atoms with E-state index in [2.05, 4.69) is 58.8 Å². The van der Waals surface area contributed by atoms with Gasteiger partial charge in [0.2, 0.25) is 0 Å². The van der Waals surface area contributed by atoms with E-state index in [0.717, 1.165) is 49.9 Å². The van der Waals surface area contributed by atoms with E-state index in [1.807, 2.05) is 32.0 Å². The van der Waals surface area contributed by atoms with E-state index in [-0.39, 0.29) is 11.3 Å². The number of pyridine rings is 1. The number of nitrogens with one attached hydrogen (secondary N) is 1. The van der Waals surface area contributed by atoms with Crippen molar-refractivity contribution in [1.82, 2.24) is 4.98 Å². The molecule has 5 rings (SSSR count). The Hall–Kier alpha value is -3.24. The molecule has 0 unspecified atom stereocenters. The number of fused-ring (bicyclic) bond motifs is 3. The molecule has 0 spiro atoms. The van der Waals surface area contributed by atoms with Crippen molar-refractivity contribution in [3.05, 3.63) is 106 Å². The summed E-state index contributed by atoms with van der Waals surface area (Å²) in [6.45, 7) is 3.82. The van der Waals surface area contributed by atoms with Crippen molar-refractivity contribution < 1.29 is 9.90 Å². The second-order valence-electron chi connectivity index (χ2n) is 10.1. The van der Waals surface area contributed by atoms with E-state index in [0.29, 0.717) is 5.56 Å². The number of aryl methyl sites for hydroxylation is 2. The van der Waals surface area contributed by atoms with Crippen LogP contribution in [0.1, 0.15) is 65.3 Å². The monoisotopic (exact) mass is 452 g/mol. The largest absolute Gasteiger partial charge is 0.386 e. The van der Waals surface area contributed by atoms with Crippen LogP contribution in [0.4, 0.5) is 5.69 Å². The maximum Gasteiger partial charge on any atom is 0.255 e. The van der Waals surface area contributed by atoms with E-state index in [9.17, 15) is 9.90 Å². The van der Waals surface area contributed by atoms with Gasteiger partial charge in [0.25, 0.3) is 5.91 Å². The van der Waals surface area contributed by atoms with Gasteiger partial charge in [-0.2, -0.15) is 0 Å². The third-order valence-corrected chi connectivity index (χ3v) is 7.54. The molecule has 0 fully saturated rings. The number of hydrogen-bond donors (Lipinski definition) is 2. The van der Waals surface area contributed by atoms with Gasteiger partial charge in [-0.3, -0.25) is 9.78 Å². The fraction of sp³-hybridized carbons (Fsp3) is 0.333. The molecule has 1 heterocycles. The summed E-state index contributed by atoms with van der Waals surface area (Å²) in [6, 6.07) is 20.6. The highest BCUT2D eigenvalue weighted by molar-refractivity contribution is 6.04. The number of hydrogen-bond acceptors (Lipinski definition) is 3. The lowest BCUT2D eigenvalue weighted by Gasteiger charge is -2.44. The molecule has 34 heavy (non-hydrogen) atoms. The van der Waals surface area contributed by atoms with Gasteiger partial charge < -0.3 is 10.4 Å². The number of amides is 1. The lowest BCUT2D eigenvalue weighted by Crippen LogP contribution is -2.40. The SMILES string of the molecule is Cc1ncccc1NC(=O)c1ccc2c(c1)CCCC1=C[C@](C)(O)CC[C@]12Cc1ccccc1. The van der Waals surface area contributed by atoms with Crippen LogP contribution in [0.25, 0.3) is 0 Å². The summed E-state index contributed by atoms with van der Waals surface area (Å²) in [5.41, 5.74) is 6.50. The molecule has 1 aromatic heterocycles. The fourth-order valence-electron chi connectivity index (χ4n) is 5.76. The molecule has 174 valence electrons. The summed E-state index contributed by atoms with van der Waals surface area (Å²) >= 11 is 0. The number of aliphatic hydroxyl groups is 1. The zero-order valence-corrected chi connectivity index (χ0v) is 20.0. The molecule has 0 aliphatic heterocycles. The van der Waals surface area contributed by atoms with Crippen molar-refractivity contribution in [2.24, 2.45) is 0 Å². The third kappa shape index (κ3) is 4.30. The number of allylic oxidation sites excluding steroid dienone is 1. The van der Waals surface area contributed by atoms with E-state index in [4.69, 9.17) is 0 Å². The van der Waals surface area contributed by atoms with Gasteiger partial charge in [0.15, 0.2) is 0 Å². The number of nitrogens with zero attached hydrogens (tertiary/aromatic N) is 1. The van der Waals surface area contributed by atoms with Crippen molar-refractivity contribution in [1.29, 1.82) is 0 Å². The molecule has 0 saturated carbocycles. The predicted molar refractivity (Wildman–Crippen MR) is 136 cm³/mol. The second kappa shape index (κ2) is 8.84. The molecular weight excluding hydrogens is 420 g/mol. The van der Waals surface area contributed by atoms with Gasteiger partial charge in [-0.1, -0.05) is 48.0 Å². The zero-order valence-electron chi connectivity index (χ0n) is 20.0. The van der Waals surface area contributed by atoms with Gasteiger partial charge in [-0.25, -0.2) is 0 Å². The first-order valence-corrected chi connectivity index (χ1v) is 12.2. The third-order valence-electron chi connectivity index (χ3n) is 7.54. The van der Waals surface area contributed by atoms with E-state index in [1.165, 1.54) is 22.3 Å². The van der Waals surface area contributed by atoms with Crippen LogP contribution in [-0.2, 0) is 18.3 Å². The van der Waals surface area contributed by atoms with Gasteiger partial charge in [0, 0.05) is 17.2 Å². The number of anilines is 1. The Morgan fingerprint density at radius 1 is 1.06 bits per heavy atom.